The maximum Gasteiger partial charge on any atom is 0.251 e. The van der Waals surface area contributed by atoms with Gasteiger partial charge in [0, 0.05) is 22.4 Å². The highest BCUT2D eigenvalue weighted by Crippen LogP contribution is 2.17. The predicted octanol–water partition coefficient (Wildman–Crippen LogP) is 2.87. The number of hydrogen-bond acceptors (Lipinski definition) is 2. The van der Waals surface area contributed by atoms with Gasteiger partial charge in [-0.2, -0.15) is 0 Å². The lowest BCUT2D eigenvalue weighted by Crippen LogP contribution is -2.26. The third kappa shape index (κ3) is 3.36. The van der Waals surface area contributed by atoms with Gasteiger partial charge in [0.25, 0.3) is 5.56 Å². The summed E-state index contributed by atoms with van der Waals surface area (Å²) in [7, 11) is 0. The molecule has 1 amide bonds. The molecule has 2 aromatic rings. The van der Waals surface area contributed by atoms with Crippen molar-refractivity contribution in [1.82, 2.24) is 4.57 Å². The fourth-order valence-electron chi connectivity index (χ4n) is 1.86. The number of anilines is 1. The van der Waals surface area contributed by atoms with Gasteiger partial charge in [-0.25, -0.2) is 0 Å². The summed E-state index contributed by atoms with van der Waals surface area (Å²) in [6.07, 6.45) is 1.60. The van der Waals surface area contributed by atoms with Gasteiger partial charge in [-0.3, -0.25) is 9.59 Å². The molecule has 0 aliphatic heterocycles. The summed E-state index contributed by atoms with van der Waals surface area (Å²) in [5.74, 6) is -0.223. The van der Waals surface area contributed by atoms with Crippen molar-refractivity contribution in [2.45, 2.75) is 20.4 Å². The summed E-state index contributed by atoms with van der Waals surface area (Å²) < 4.78 is 2.13. The van der Waals surface area contributed by atoms with E-state index in [-0.39, 0.29) is 18.0 Å². The number of amides is 1. The number of nitrogens with one attached hydrogen (secondary N) is 1. The van der Waals surface area contributed by atoms with Crippen molar-refractivity contribution in [2.24, 2.45) is 0 Å². The maximum atomic E-state index is 12.0. The molecule has 4 nitrogen and oxygen atoms in total. The van der Waals surface area contributed by atoms with Crippen molar-refractivity contribution >= 4 is 27.5 Å². The molecule has 0 atom stereocenters. The zero-order valence-electron chi connectivity index (χ0n) is 11.3. The van der Waals surface area contributed by atoms with Crippen molar-refractivity contribution in [3.63, 3.8) is 0 Å². The van der Waals surface area contributed by atoms with E-state index in [0.29, 0.717) is 0 Å². The summed E-state index contributed by atoms with van der Waals surface area (Å²) in [4.78, 5) is 23.7. The highest BCUT2D eigenvalue weighted by atomic mass is 79.9. The van der Waals surface area contributed by atoms with Crippen LogP contribution in [0.1, 0.15) is 11.1 Å². The van der Waals surface area contributed by atoms with E-state index in [1.54, 1.807) is 12.3 Å². The maximum absolute atomic E-state index is 12.0. The van der Waals surface area contributed by atoms with Crippen LogP contribution < -0.4 is 10.9 Å². The quantitative estimate of drug-likeness (QED) is 0.938. The van der Waals surface area contributed by atoms with E-state index in [1.165, 1.54) is 10.6 Å². The van der Waals surface area contributed by atoms with Crippen LogP contribution in [0.15, 0.2) is 45.8 Å². The molecule has 1 aromatic carbocycles. The number of nitrogens with zero attached hydrogens (tertiary/aromatic N) is 1. The standard InChI is InChI=1S/C15H15BrN2O2/c1-10-4-3-5-13(11(10)2)17-14(19)9-18-8-12(16)6-7-15(18)20/h3-8H,9H2,1-2H3,(H,17,19). The Morgan fingerprint density at radius 3 is 2.75 bits per heavy atom. The lowest BCUT2D eigenvalue weighted by atomic mass is 10.1. The Hall–Kier alpha value is -1.88. The number of pyridine rings is 1. The molecule has 20 heavy (non-hydrogen) atoms. The van der Waals surface area contributed by atoms with Crippen LogP contribution in [-0.2, 0) is 11.3 Å². The number of halogens is 1. The largest absolute Gasteiger partial charge is 0.324 e. The predicted molar refractivity (Wildman–Crippen MR) is 82.9 cm³/mol. The highest BCUT2D eigenvalue weighted by molar-refractivity contribution is 9.10. The van der Waals surface area contributed by atoms with Gasteiger partial charge in [-0.05, 0) is 53.0 Å². The molecule has 1 N–H and O–H groups in total. The second kappa shape index (κ2) is 6.05. The fraction of sp³-hybridized carbons (Fsp3) is 0.200. The van der Waals surface area contributed by atoms with Crippen molar-refractivity contribution in [3.8, 4) is 0 Å². The average Bonchev–Trinajstić information content (AvgIpc) is 2.39. The zero-order chi connectivity index (χ0) is 14.7. The minimum absolute atomic E-state index is 0.00828. The Morgan fingerprint density at radius 2 is 2.00 bits per heavy atom. The first-order chi connectivity index (χ1) is 9.47. The Morgan fingerprint density at radius 1 is 1.25 bits per heavy atom. The molecular formula is C15H15BrN2O2. The van der Waals surface area contributed by atoms with E-state index in [4.69, 9.17) is 0 Å². The van der Waals surface area contributed by atoms with E-state index >= 15 is 0 Å². The molecule has 1 heterocycles. The molecule has 0 aliphatic carbocycles. The molecular weight excluding hydrogens is 320 g/mol. The second-order valence-electron chi connectivity index (χ2n) is 4.61. The van der Waals surface area contributed by atoms with Gasteiger partial charge in [0.1, 0.15) is 6.54 Å². The number of carbonyl (C=O) groups excluding carboxylic acids is 1. The molecule has 5 heteroatoms. The van der Waals surface area contributed by atoms with Crippen molar-refractivity contribution in [2.75, 3.05) is 5.32 Å². The van der Waals surface area contributed by atoms with Gasteiger partial charge in [-0.1, -0.05) is 12.1 Å². The summed E-state index contributed by atoms with van der Waals surface area (Å²) in [5.41, 5.74) is 2.72. The number of rotatable bonds is 3. The van der Waals surface area contributed by atoms with Gasteiger partial charge in [0.2, 0.25) is 5.91 Å². The molecule has 0 fully saturated rings. The first kappa shape index (κ1) is 14.5. The summed E-state index contributed by atoms with van der Waals surface area (Å²) in [6, 6.07) is 8.81. The van der Waals surface area contributed by atoms with Crippen LogP contribution in [0.4, 0.5) is 5.69 Å². The van der Waals surface area contributed by atoms with Gasteiger partial charge in [0.15, 0.2) is 0 Å². The number of aromatic nitrogens is 1. The topological polar surface area (TPSA) is 51.1 Å². The molecule has 0 saturated carbocycles. The molecule has 0 radical (unpaired) electrons. The van der Waals surface area contributed by atoms with Crippen molar-refractivity contribution in [3.05, 3.63) is 62.5 Å². The first-order valence-electron chi connectivity index (χ1n) is 6.19. The van der Waals surface area contributed by atoms with Gasteiger partial charge in [0.05, 0.1) is 0 Å². The molecule has 0 unspecified atom stereocenters. The van der Waals surface area contributed by atoms with Crippen LogP contribution in [0, 0.1) is 13.8 Å². The lowest BCUT2D eigenvalue weighted by Gasteiger charge is -2.11. The van der Waals surface area contributed by atoms with Crippen LogP contribution in [0.5, 0.6) is 0 Å². The Labute approximate surface area is 125 Å². The summed E-state index contributed by atoms with van der Waals surface area (Å²) in [5, 5.41) is 2.83. The van der Waals surface area contributed by atoms with E-state index < -0.39 is 0 Å². The van der Waals surface area contributed by atoms with Crippen molar-refractivity contribution in [1.29, 1.82) is 0 Å². The monoisotopic (exact) mass is 334 g/mol. The van der Waals surface area contributed by atoms with E-state index in [9.17, 15) is 9.59 Å². The van der Waals surface area contributed by atoms with E-state index in [2.05, 4.69) is 21.2 Å². The summed E-state index contributed by atoms with van der Waals surface area (Å²) >= 11 is 3.28. The van der Waals surface area contributed by atoms with Crippen LogP contribution in [-0.4, -0.2) is 10.5 Å². The summed E-state index contributed by atoms with van der Waals surface area (Å²) in [6.45, 7) is 3.94. The van der Waals surface area contributed by atoms with Gasteiger partial charge in [-0.15, -0.1) is 0 Å². The molecule has 1 aromatic heterocycles. The van der Waals surface area contributed by atoms with Gasteiger partial charge < -0.3 is 9.88 Å². The molecule has 0 bridgehead atoms. The van der Waals surface area contributed by atoms with Crippen LogP contribution in [0.3, 0.4) is 0 Å². The third-order valence-corrected chi connectivity index (χ3v) is 3.61. The van der Waals surface area contributed by atoms with Crippen LogP contribution in [0.25, 0.3) is 0 Å². The van der Waals surface area contributed by atoms with Crippen LogP contribution >= 0.6 is 15.9 Å². The second-order valence-corrected chi connectivity index (χ2v) is 5.52. The zero-order valence-corrected chi connectivity index (χ0v) is 12.9. The minimum Gasteiger partial charge on any atom is -0.324 e. The lowest BCUT2D eigenvalue weighted by molar-refractivity contribution is -0.116. The molecule has 0 spiro atoms. The van der Waals surface area contributed by atoms with E-state index in [0.717, 1.165) is 21.3 Å². The molecule has 0 saturated heterocycles. The number of benzene rings is 1. The van der Waals surface area contributed by atoms with Crippen LogP contribution in [0.2, 0.25) is 0 Å². The molecule has 104 valence electrons. The number of carbonyl (C=O) groups is 1. The SMILES string of the molecule is Cc1cccc(NC(=O)Cn2cc(Br)ccc2=O)c1C. The third-order valence-electron chi connectivity index (χ3n) is 3.14. The van der Waals surface area contributed by atoms with Gasteiger partial charge >= 0.3 is 0 Å². The Bertz CT molecular complexity index is 707. The molecule has 0 aliphatic rings. The Kier molecular flexibility index (Phi) is 4.39. The number of aryl methyl sites for hydroxylation is 1. The van der Waals surface area contributed by atoms with E-state index in [1.807, 2.05) is 32.0 Å². The first-order valence-corrected chi connectivity index (χ1v) is 6.99. The number of hydrogen-bond donors (Lipinski definition) is 1. The normalized spacial score (nSPS) is 10.3. The highest BCUT2D eigenvalue weighted by Gasteiger charge is 2.08. The fourth-order valence-corrected chi connectivity index (χ4v) is 2.24. The smallest absolute Gasteiger partial charge is 0.251 e. The molecule has 2 rings (SSSR count). The minimum atomic E-state index is -0.223. The Balaban J connectivity index is 2.15. The van der Waals surface area contributed by atoms with Crippen molar-refractivity contribution < 1.29 is 4.79 Å². The average molecular weight is 335 g/mol.